The van der Waals surface area contributed by atoms with Gasteiger partial charge in [0.1, 0.15) is 6.04 Å². The minimum absolute atomic E-state index is 0.0737. The van der Waals surface area contributed by atoms with Crippen LogP contribution in [0, 0.1) is 11.8 Å². The van der Waals surface area contributed by atoms with Crippen molar-refractivity contribution in [3.05, 3.63) is 12.7 Å². The van der Waals surface area contributed by atoms with Crippen LogP contribution in [0.15, 0.2) is 12.7 Å². The lowest BCUT2D eigenvalue weighted by molar-refractivity contribution is -0.151. The molecule has 1 saturated heterocycles. The Balaban J connectivity index is 2.52. The summed E-state index contributed by atoms with van der Waals surface area (Å²) >= 11 is 0. The predicted molar refractivity (Wildman–Crippen MR) is 85.1 cm³/mol. The summed E-state index contributed by atoms with van der Waals surface area (Å²) in [7, 11) is 1.31. The normalized spacial score (nSPS) is 23.9. The van der Waals surface area contributed by atoms with Gasteiger partial charge in [-0.15, -0.1) is 6.58 Å². The van der Waals surface area contributed by atoms with Crippen molar-refractivity contribution in [1.29, 1.82) is 0 Å². The highest BCUT2D eigenvalue weighted by Crippen LogP contribution is 2.24. The van der Waals surface area contributed by atoms with Crippen LogP contribution in [-0.4, -0.2) is 47.7 Å². The SMILES string of the molecule is C=CCCC(C)CC(C)CC(=O)N1C[C@H](O)CC1C(=O)OC. The average Bonchev–Trinajstić information content (AvgIpc) is 2.86. The molecule has 0 bridgehead atoms. The molecule has 5 nitrogen and oxygen atoms in total. The number of carbonyl (C=O) groups is 2. The van der Waals surface area contributed by atoms with Crippen LogP contribution in [0.5, 0.6) is 0 Å². The van der Waals surface area contributed by atoms with Crippen LogP contribution in [0.2, 0.25) is 0 Å². The smallest absolute Gasteiger partial charge is 0.328 e. The van der Waals surface area contributed by atoms with Crippen LogP contribution in [0.4, 0.5) is 0 Å². The van der Waals surface area contributed by atoms with E-state index in [-0.39, 0.29) is 24.8 Å². The quantitative estimate of drug-likeness (QED) is 0.551. The van der Waals surface area contributed by atoms with E-state index in [4.69, 9.17) is 4.74 Å². The van der Waals surface area contributed by atoms with Crippen LogP contribution >= 0.6 is 0 Å². The topological polar surface area (TPSA) is 66.8 Å². The molecule has 1 rings (SSSR count). The number of allylic oxidation sites excluding steroid dienone is 1. The fraction of sp³-hybridized carbons (Fsp3) is 0.765. The standard InChI is InChI=1S/C17H29NO4/c1-5-6-7-12(2)8-13(3)9-16(20)18-11-14(19)10-15(18)17(21)22-4/h5,12-15,19H,1,6-11H2,2-4H3/t12?,13?,14-,15?/m1/s1. The Bertz CT molecular complexity index is 396. The summed E-state index contributed by atoms with van der Waals surface area (Å²) in [5, 5.41) is 9.73. The Hall–Kier alpha value is -1.36. The zero-order valence-corrected chi connectivity index (χ0v) is 14.0. The van der Waals surface area contributed by atoms with Gasteiger partial charge >= 0.3 is 5.97 Å². The van der Waals surface area contributed by atoms with E-state index in [1.54, 1.807) is 0 Å². The third-order valence-electron chi connectivity index (χ3n) is 4.26. The molecular formula is C17H29NO4. The maximum atomic E-state index is 12.4. The van der Waals surface area contributed by atoms with Gasteiger partial charge < -0.3 is 14.7 Å². The van der Waals surface area contributed by atoms with Gasteiger partial charge in [0, 0.05) is 19.4 Å². The Morgan fingerprint density at radius 2 is 2.09 bits per heavy atom. The van der Waals surface area contributed by atoms with Crippen molar-refractivity contribution in [1.82, 2.24) is 4.90 Å². The number of aliphatic hydroxyl groups is 1. The first-order valence-electron chi connectivity index (χ1n) is 8.05. The van der Waals surface area contributed by atoms with E-state index in [2.05, 4.69) is 20.4 Å². The summed E-state index contributed by atoms with van der Waals surface area (Å²) in [6, 6.07) is -0.641. The second kappa shape index (κ2) is 8.93. The van der Waals surface area contributed by atoms with E-state index in [0.717, 1.165) is 19.3 Å². The van der Waals surface area contributed by atoms with E-state index in [9.17, 15) is 14.7 Å². The lowest BCUT2D eigenvalue weighted by atomic mass is 9.91. The van der Waals surface area contributed by atoms with Crippen LogP contribution in [-0.2, 0) is 14.3 Å². The largest absolute Gasteiger partial charge is 0.467 e. The van der Waals surface area contributed by atoms with Crippen LogP contribution in [0.25, 0.3) is 0 Å². The first kappa shape index (κ1) is 18.7. The van der Waals surface area contributed by atoms with E-state index < -0.39 is 18.1 Å². The molecule has 22 heavy (non-hydrogen) atoms. The molecule has 1 amide bonds. The fourth-order valence-corrected chi connectivity index (χ4v) is 3.15. The number of likely N-dealkylation sites (tertiary alicyclic amines) is 1. The third kappa shape index (κ3) is 5.44. The minimum atomic E-state index is -0.644. The molecule has 0 aromatic rings. The van der Waals surface area contributed by atoms with E-state index >= 15 is 0 Å². The molecule has 126 valence electrons. The van der Waals surface area contributed by atoms with Gasteiger partial charge in [-0.25, -0.2) is 4.79 Å². The number of aliphatic hydroxyl groups excluding tert-OH is 1. The highest BCUT2D eigenvalue weighted by atomic mass is 16.5. The van der Waals surface area contributed by atoms with Crippen molar-refractivity contribution in [2.24, 2.45) is 11.8 Å². The number of β-amino-alcohol motifs (C(OH)–C–C–N with tert-alkyl or cyclic N) is 1. The van der Waals surface area contributed by atoms with Gasteiger partial charge in [0.2, 0.25) is 5.91 Å². The molecule has 1 heterocycles. The molecule has 1 N–H and O–H groups in total. The van der Waals surface area contributed by atoms with Crippen molar-refractivity contribution in [3.8, 4) is 0 Å². The summed E-state index contributed by atoms with van der Waals surface area (Å²) in [6.07, 6.45) is 4.98. The molecule has 5 heteroatoms. The number of nitrogens with zero attached hydrogens (tertiary/aromatic N) is 1. The zero-order chi connectivity index (χ0) is 16.7. The van der Waals surface area contributed by atoms with Gasteiger partial charge in [0.05, 0.1) is 13.2 Å². The summed E-state index contributed by atoms with van der Waals surface area (Å²) in [5.74, 6) is 0.275. The number of methoxy groups -OCH3 is 1. The fourth-order valence-electron chi connectivity index (χ4n) is 3.15. The maximum absolute atomic E-state index is 12.4. The van der Waals surface area contributed by atoms with Crippen molar-refractivity contribution in [3.63, 3.8) is 0 Å². The molecule has 0 aromatic heterocycles. The zero-order valence-electron chi connectivity index (χ0n) is 14.0. The number of rotatable bonds is 8. The number of amides is 1. The summed E-state index contributed by atoms with van der Waals surface area (Å²) in [6.45, 7) is 8.18. The number of carbonyl (C=O) groups excluding carboxylic acids is 2. The van der Waals surface area contributed by atoms with Gasteiger partial charge in [-0.05, 0) is 31.1 Å². The molecule has 0 saturated carbocycles. The van der Waals surface area contributed by atoms with Gasteiger partial charge in [-0.1, -0.05) is 19.9 Å². The van der Waals surface area contributed by atoms with Crippen LogP contribution < -0.4 is 0 Å². The van der Waals surface area contributed by atoms with Gasteiger partial charge in [0.15, 0.2) is 0 Å². The van der Waals surface area contributed by atoms with E-state index in [1.165, 1.54) is 12.0 Å². The first-order valence-corrected chi connectivity index (χ1v) is 8.05. The molecule has 0 radical (unpaired) electrons. The first-order chi connectivity index (χ1) is 10.4. The molecule has 4 atom stereocenters. The Morgan fingerprint density at radius 1 is 1.41 bits per heavy atom. The molecule has 1 aliphatic heterocycles. The predicted octanol–water partition coefficient (Wildman–Crippen LogP) is 2.14. The minimum Gasteiger partial charge on any atom is -0.467 e. The second-order valence-electron chi connectivity index (χ2n) is 6.49. The number of ether oxygens (including phenoxy) is 1. The number of hydrogen-bond donors (Lipinski definition) is 1. The van der Waals surface area contributed by atoms with Crippen molar-refractivity contribution < 1.29 is 19.4 Å². The van der Waals surface area contributed by atoms with Crippen molar-refractivity contribution in [2.45, 2.75) is 58.1 Å². The van der Waals surface area contributed by atoms with Gasteiger partial charge in [0.25, 0.3) is 0 Å². The molecular weight excluding hydrogens is 282 g/mol. The molecule has 1 aliphatic rings. The summed E-state index contributed by atoms with van der Waals surface area (Å²) in [5.41, 5.74) is 0. The molecule has 3 unspecified atom stereocenters. The second-order valence-corrected chi connectivity index (χ2v) is 6.49. The number of hydrogen-bond acceptors (Lipinski definition) is 4. The van der Waals surface area contributed by atoms with Gasteiger partial charge in [-0.2, -0.15) is 0 Å². The average molecular weight is 311 g/mol. The Labute approximate surface area is 133 Å². The molecule has 0 spiro atoms. The molecule has 1 fully saturated rings. The highest BCUT2D eigenvalue weighted by Gasteiger charge is 2.39. The summed E-state index contributed by atoms with van der Waals surface area (Å²) in [4.78, 5) is 25.6. The summed E-state index contributed by atoms with van der Waals surface area (Å²) < 4.78 is 4.72. The van der Waals surface area contributed by atoms with E-state index in [1.807, 2.05) is 6.08 Å². The van der Waals surface area contributed by atoms with Crippen LogP contribution in [0.1, 0.15) is 46.0 Å². The highest BCUT2D eigenvalue weighted by molar-refractivity contribution is 5.85. The van der Waals surface area contributed by atoms with E-state index in [0.29, 0.717) is 12.3 Å². The number of esters is 1. The lowest BCUT2D eigenvalue weighted by Crippen LogP contribution is -2.41. The monoisotopic (exact) mass is 311 g/mol. The van der Waals surface area contributed by atoms with Crippen LogP contribution in [0.3, 0.4) is 0 Å². The molecule has 0 aliphatic carbocycles. The Morgan fingerprint density at radius 3 is 2.68 bits per heavy atom. The molecule has 0 aromatic carbocycles. The Kier molecular flexibility index (Phi) is 7.59. The third-order valence-corrected chi connectivity index (χ3v) is 4.26. The van der Waals surface area contributed by atoms with Gasteiger partial charge in [-0.3, -0.25) is 4.79 Å². The maximum Gasteiger partial charge on any atom is 0.328 e. The van der Waals surface area contributed by atoms with Crippen molar-refractivity contribution >= 4 is 11.9 Å². The lowest BCUT2D eigenvalue weighted by Gasteiger charge is -2.24. The van der Waals surface area contributed by atoms with Crippen molar-refractivity contribution in [2.75, 3.05) is 13.7 Å².